The number of nitrogens with one attached hydrogen (secondary N) is 1. The van der Waals surface area contributed by atoms with E-state index >= 15 is 0 Å². The fraction of sp³-hybridized carbons (Fsp3) is 0.409. The Morgan fingerprint density at radius 2 is 2.00 bits per heavy atom. The van der Waals surface area contributed by atoms with Crippen LogP contribution in [0.4, 0.5) is 10.6 Å². The van der Waals surface area contributed by atoms with E-state index in [1.807, 2.05) is 37.5 Å². The van der Waals surface area contributed by atoms with E-state index in [4.69, 9.17) is 0 Å². The predicted molar refractivity (Wildman–Crippen MR) is 113 cm³/mol. The molecule has 1 aromatic carbocycles. The summed E-state index contributed by atoms with van der Waals surface area (Å²) in [7, 11) is 1.85. The number of likely N-dealkylation sites (N-methyl/N-ethyl adjacent to an activating group) is 1. The van der Waals surface area contributed by atoms with Crippen molar-refractivity contribution in [1.29, 1.82) is 0 Å². The number of carbonyl (C=O) groups is 2. The van der Waals surface area contributed by atoms with Gasteiger partial charge >= 0.3 is 6.09 Å². The van der Waals surface area contributed by atoms with Crippen LogP contribution >= 0.6 is 0 Å². The molecule has 154 valence electrons. The summed E-state index contributed by atoms with van der Waals surface area (Å²) in [6.45, 7) is 1.96. The second-order valence-electron chi connectivity index (χ2n) is 7.34. The van der Waals surface area contributed by atoms with E-state index in [-0.39, 0.29) is 12.6 Å². The van der Waals surface area contributed by atoms with Crippen molar-refractivity contribution in [2.75, 3.05) is 38.1 Å². The first-order chi connectivity index (χ1) is 14.1. The molecule has 2 heterocycles. The van der Waals surface area contributed by atoms with Crippen LogP contribution in [0, 0.1) is 5.92 Å². The molecule has 7 heteroatoms. The van der Waals surface area contributed by atoms with E-state index < -0.39 is 6.09 Å². The van der Waals surface area contributed by atoms with E-state index in [9.17, 15) is 14.7 Å². The Kier molecular flexibility index (Phi) is 7.19. The average Bonchev–Trinajstić information content (AvgIpc) is 2.77. The SMILES string of the molecule is CNC(CN(CC=O)C(=O)O)C1CCN(c2cc(-c3ccccc3)ccn2)CC1. The van der Waals surface area contributed by atoms with Gasteiger partial charge in [-0.1, -0.05) is 30.3 Å². The number of pyridine rings is 1. The largest absolute Gasteiger partial charge is 0.465 e. The highest BCUT2D eigenvalue weighted by Crippen LogP contribution is 2.27. The maximum Gasteiger partial charge on any atom is 0.407 e. The first-order valence-electron chi connectivity index (χ1n) is 9.97. The molecule has 1 aromatic heterocycles. The fourth-order valence-corrected chi connectivity index (χ4v) is 3.97. The van der Waals surface area contributed by atoms with Crippen LogP contribution in [0.5, 0.6) is 0 Å². The van der Waals surface area contributed by atoms with Crippen LogP contribution in [0.1, 0.15) is 12.8 Å². The van der Waals surface area contributed by atoms with Gasteiger partial charge in [0.25, 0.3) is 0 Å². The summed E-state index contributed by atoms with van der Waals surface area (Å²) < 4.78 is 0. The first-order valence-corrected chi connectivity index (χ1v) is 9.97. The zero-order valence-electron chi connectivity index (χ0n) is 16.7. The Morgan fingerprint density at radius 1 is 1.28 bits per heavy atom. The van der Waals surface area contributed by atoms with Crippen molar-refractivity contribution in [1.82, 2.24) is 15.2 Å². The third kappa shape index (κ3) is 5.32. The molecule has 0 spiro atoms. The van der Waals surface area contributed by atoms with E-state index in [0.29, 0.717) is 18.7 Å². The zero-order chi connectivity index (χ0) is 20.6. The number of anilines is 1. The van der Waals surface area contributed by atoms with Crippen molar-refractivity contribution in [2.24, 2.45) is 5.92 Å². The van der Waals surface area contributed by atoms with Crippen LogP contribution < -0.4 is 10.2 Å². The van der Waals surface area contributed by atoms with E-state index in [1.165, 1.54) is 10.5 Å². The molecule has 0 bridgehead atoms. The second kappa shape index (κ2) is 10.0. The van der Waals surface area contributed by atoms with Crippen LogP contribution in [0.2, 0.25) is 0 Å². The minimum absolute atomic E-state index is 0.0248. The Labute approximate surface area is 171 Å². The number of hydrogen-bond donors (Lipinski definition) is 2. The van der Waals surface area contributed by atoms with Crippen LogP contribution in [0.25, 0.3) is 11.1 Å². The molecule has 2 N–H and O–H groups in total. The molecule has 1 amide bonds. The summed E-state index contributed by atoms with van der Waals surface area (Å²) in [6, 6.07) is 14.4. The highest BCUT2D eigenvalue weighted by molar-refractivity contribution is 5.69. The standard InChI is InChI=1S/C22H28N4O3/c1-23-20(16-26(13-14-27)22(28)29)18-8-11-25(12-9-18)21-15-19(7-10-24-21)17-5-3-2-4-6-17/h2-7,10,14-15,18,20,23H,8-9,11-13,16H2,1H3,(H,28,29). The van der Waals surface area contributed by atoms with Gasteiger partial charge in [-0.3, -0.25) is 4.90 Å². The molecule has 3 rings (SSSR count). The van der Waals surface area contributed by atoms with Gasteiger partial charge in [0.1, 0.15) is 12.1 Å². The molecule has 1 fully saturated rings. The number of hydrogen-bond acceptors (Lipinski definition) is 5. The molecule has 1 atom stereocenters. The van der Waals surface area contributed by atoms with Crippen molar-refractivity contribution < 1.29 is 14.7 Å². The Hall–Kier alpha value is -2.93. The molecule has 0 aliphatic carbocycles. The van der Waals surface area contributed by atoms with Crippen LogP contribution in [0.15, 0.2) is 48.7 Å². The van der Waals surface area contributed by atoms with Gasteiger partial charge in [0.15, 0.2) is 0 Å². The highest BCUT2D eigenvalue weighted by Gasteiger charge is 2.28. The second-order valence-corrected chi connectivity index (χ2v) is 7.34. The van der Waals surface area contributed by atoms with Crippen molar-refractivity contribution in [3.63, 3.8) is 0 Å². The van der Waals surface area contributed by atoms with Crippen LogP contribution in [0.3, 0.4) is 0 Å². The van der Waals surface area contributed by atoms with E-state index in [0.717, 1.165) is 37.3 Å². The lowest BCUT2D eigenvalue weighted by molar-refractivity contribution is -0.108. The lowest BCUT2D eigenvalue weighted by atomic mass is 9.89. The van der Waals surface area contributed by atoms with Crippen LogP contribution in [-0.4, -0.2) is 66.6 Å². The van der Waals surface area contributed by atoms with Gasteiger partial charge in [-0.25, -0.2) is 9.78 Å². The van der Waals surface area contributed by atoms with Gasteiger partial charge in [-0.15, -0.1) is 0 Å². The third-order valence-electron chi connectivity index (χ3n) is 5.64. The molecule has 1 saturated heterocycles. The number of carbonyl (C=O) groups excluding carboxylic acids is 1. The number of benzene rings is 1. The predicted octanol–water partition coefficient (Wildman–Crippen LogP) is 2.73. The van der Waals surface area contributed by atoms with Gasteiger partial charge in [0, 0.05) is 31.9 Å². The van der Waals surface area contributed by atoms with Gasteiger partial charge in [-0.05, 0) is 49.1 Å². The van der Waals surface area contributed by atoms with E-state index in [2.05, 4.69) is 33.4 Å². The summed E-state index contributed by atoms with van der Waals surface area (Å²) in [6.07, 6.45) is 3.31. The molecule has 2 aromatic rings. The monoisotopic (exact) mass is 396 g/mol. The average molecular weight is 396 g/mol. The number of aldehydes is 1. The van der Waals surface area contributed by atoms with Gasteiger partial charge in [-0.2, -0.15) is 0 Å². The molecule has 7 nitrogen and oxygen atoms in total. The summed E-state index contributed by atoms with van der Waals surface area (Å²) in [5, 5.41) is 12.5. The van der Waals surface area contributed by atoms with Gasteiger partial charge in [0.2, 0.25) is 0 Å². The Bertz CT molecular complexity index is 807. The maximum atomic E-state index is 11.3. The van der Waals surface area contributed by atoms with Gasteiger partial charge < -0.3 is 20.1 Å². The molecular weight excluding hydrogens is 368 g/mol. The summed E-state index contributed by atoms with van der Waals surface area (Å²) >= 11 is 0. The molecule has 0 saturated carbocycles. The Morgan fingerprint density at radius 3 is 2.62 bits per heavy atom. The number of carboxylic acid groups (broad SMARTS) is 1. The number of aromatic nitrogens is 1. The van der Waals surface area contributed by atoms with Gasteiger partial charge in [0.05, 0.1) is 6.54 Å². The lowest BCUT2D eigenvalue weighted by Crippen LogP contribution is -2.49. The van der Waals surface area contributed by atoms with Crippen molar-refractivity contribution >= 4 is 18.2 Å². The number of rotatable bonds is 8. The van der Waals surface area contributed by atoms with Crippen molar-refractivity contribution in [2.45, 2.75) is 18.9 Å². The maximum absolute atomic E-state index is 11.3. The summed E-state index contributed by atoms with van der Waals surface area (Å²) in [5.41, 5.74) is 2.32. The molecule has 29 heavy (non-hydrogen) atoms. The summed E-state index contributed by atoms with van der Waals surface area (Å²) in [4.78, 5) is 30.1. The summed E-state index contributed by atoms with van der Waals surface area (Å²) in [5.74, 6) is 1.32. The van der Waals surface area contributed by atoms with Crippen molar-refractivity contribution in [3.8, 4) is 11.1 Å². The highest BCUT2D eigenvalue weighted by atomic mass is 16.4. The molecule has 0 radical (unpaired) electrons. The molecule has 1 aliphatic heterocycles. The quantitative estimate of drug-likeness (QED) is 0.668. The van der Waals surface area contributed by atoms with E-state index in [1.54, 1.807) is 0 Å². The Balaban J connectivity index is 1.62. The first kappa shape index (κ1) is 20.8. The number of piperidine rings is 1. The normalized spacial score (nSPS) is 15.7. The third-order valence-corrected chi connectivity index (χ3v) is 5.64. The minimum atomic E-state index is -1.06. The topological polar surface area (TPSA) is 85.8 Å². The number of amides is 1. The zero-order valence-corrected chi connectivity index (χ0v) is 16.7. The van der Waals surface area contributed by atoms with Crippen molar-refractivity contribution in [3.05, 3.63) is 48.7 Å². The molecular formula is C22H28N4O3. The minimum Gasteiger partial charge on any atom is -0.465 e. The van der Waals surface area contributed by atoms with Crippen LogP contribution in [-0.2, 0) is 4.79 Å². The fourth-order valence-electron chi connectivity index (χ4n) is 3.97. The molecule has 1 aliphatic rings. The molecule has 1 unspecified atom stereocenters. The smallest absolute Gasteiger partial charge is 0.407 e. The number of nitrogens with zero attached hydrogens (tertiary/aromatic N) is 3. The lowest BCUT2D eigenvalue weighted by Gasteiger charge is -2.38.